The lowest BCUT2D eigenvalue weighted by atomic mass is 9.91. The van der Waals surface area contributed by atoms with Gasteiger partial charge in [-0.1, -0.05) is 42.4 Å². The summed E-state index contributed by atoms with van der Waals surface area (Å²) in [4.78, 5) is 19.7. The van der Waals surface area contributed by atoms with Gasteiger partial charge >= 0.3 is 0 Å². The average molecular weight is 479 g/mol. The molecule has 0 amide bonds. The minimum Gasteiger partial charge on any atom is -0.497 e. The molecular formula is C25H23ClN4O2S. The fourth-order valence-corrected chi connectivity index (χ4v) is 5.66. The van der Waals surface area contributed by atoms with Crippen molar-refractivity contribution < 1.29 is 9.53 Å². The Morgan fingerprint density at radius 2 is 2.12 bits per heavy atom. The average Bonchev–Trinajstić information content (AvgIpc) is 3.24. The van der Waals surface area contributed by atoms with Crippen molar-refractivity contribution in [1.29, 1.82) is 0 Å². The zero-order chi connectivity index (χ0) is 23.2. The summed E-state index contributed by atoms with van der Waals surface area (Å²) in [5, 5.41) is 7.65. The van der Waals surface area contributed by atoms with Gasteiger partial charge in [-0.2, -0.15) is 4.37 Å². The zero-order valence-corrected chi connectivity index (χ0v) is 20.0. The van der Waals surface area contributed by atoms with E-state index in [9.17, 15) is 4.79 Å². The Morgan fingerprint density at radius 3 is 2.91 bits per heavy atom. The number of hydrogen-bond donors (Lipinski definition) is 1. The number of ketones is 1. The Bertz CT molecular complexity index is 1400. The van der Waals surface area contributed by atoms with Gasteiger partial charge in [-0.15, -0.1) is 0 Å². The van der Waals surface area contributed by atoms with Crippen LogP contribution >= 0.6 is 23.1 Å². The molecule has 33 heavy (non-hydrogen) atoms. The molecule has 0 bridgehead atoms. The lowest BCUT2D eigenvalue weighted by Crippen LogP contribution is -2.63. The molecular weight excluding hydrogens is 456 g/mol. The number of hydrogen-bond acceptors (Lipinski definition) is 7. The van der Waals surface area contributed by atoms with Gasteiger partial charge in [0, 0.05) is 25.2 Å². The van der Waals surface area contributed by atoms with Crippen molar-refractivity contribution >= 4 is 55.7 Å². The van der Waals surface area contributed by atoms with Gasteiger partial charge in [0.1, 0.15) is 16.3 Å². The smallest absolute Gasteiger partial charge is 0.181 e. The van der Waals surface area contributed by atoms with Gasteiger partial charge in [0.05, 0.1) is 23.2 Å². The van der Waals surface area contributed by atoms with Crippen molar-refractivity contribution in [2.24, 2.45) is 0 Å². The number of nitrogens with zero attached hydrogens (tertiary/aromatic N) is 3. The molecule has 6 nitrogen and oxygen atoms in total. The van der Waals surface area contributed by atoms with Crippen molar-refractivity contribution in [3.63, 3.8) is 0 Å². The topological polar surface area (TPSA) is 67.4 Å². The molecule has 1 atom stereocenters. The monoisotopic (exact) mass is 478 g/mol. The Labute approximate surface area is 201 Å². The molecule has 4 aromatic rings. The second kappa shape index (κ2) is 8.41. The van der Waals surface area contributed by atoms with Crippen molar-refractivity contribution in [2.75, 3.05) is 31.6 Å². The highest BCUT2D eigenvalue weighted by Crippen LogP contribution is 2.41. The summed E-state index contributed by atoms with van der Waals surface area (Å²) in [5.41, 5.74) is 1.41. The molecule has 2 aromatic carbocycles. The number of carbonyl (C=O) groups is 1. The van der Waals surface area contributed by atoms with Crippen molar-refractivity contribution in [3.8, 4) is 17.0 Å². The second-order valence-electron chi connectivity index (χ2n) is 8.24. The first-order valence-corrected chi connectivity index (χ1v) is 11.8. The van der Waals surface area contributed by atoms with Crippen LogP contribution in [0.15, 0.2) is 55.1 Å². The quantitative estimate of drug-likeness (QED) is 0.403. The number of halogens is 1. The lowest BCUT2D eigenvalue weighted by Gasteiger charge is -2.44. The van der Waals surface area contributed by atoms with Gasteiger partial charge in [0.15, 0.2) is 11.4 Å². The van der Waals surface area contributed by atoms with Gasteiger partial charge < -0.3 is 15.0 Å². The number of rotatable bonds is 5. The summed E-state index contributed by atoms with van der Waals surface area (Å²) in [5.74, 6) is 0.704. The Kier molecular flexibility index (Phi) is 5.56. The van der Waals surface area contributed by atoms with Gasteiger partial charge in [0.2, 0.25) is 0 Å². The van der Waals surface area contributed by atoms with E-state index in [1.807, 2.05) is 49.4 Å². The molecule has 1 aliphatic rings. The highest BCUT2D eigenvalue weighted by atomic mass is 35.5. The lowest BCUT2D eigenvalue weighted by molar-refractivity contribution is -0.119. The molecule has 1 N–H and O–H groups in total. The Balaban J connectivity index is 1.67. The maximum Gasteiger partial charge on any atom is 0.181 e. The predicted molar refractivity (Wildman–Crippen MR) is 136 cm³/mol. The fraction of sp³-hybridized carbons (Fsp3) is 0.240. The molecule has 1 saturated heterocycles. The number of nitrogens with one attached hydrogen (secondary N) is 1. The summed E-state index contributed by atoms with van der Waals surface area (Å²) in [6, 6.07) is 13.9. The Hall–Kier alpha value is -3.00. The van der Waals surface area contributed by atoms with E-state index in [4.69, 9.17) is 21.3 Å². The highest BCUT2D eigenvalue weighted by Gasteiger charge is 2.41. The standard InChI is InChI=1S/C25H23ClN4O2S/c1-4-21(31)25(2)14-27-9-10-30(25)24-19-13-20(26)22(28-23(19)29-33-24)18-12-16(32-3)11-15-7-5-6-8-17(15)18/h4-8,11-13,27H,1,9-10,14H2,2-3H3. The number of pyridine rings is 1. The van der Waals surface area contributed by atoms with E-state index in [0.717, 1.165) is 39.0 Å². The SMILES string of the molecule is C=CC(=O)C1(C)CNCCN1c1snc2nc(-c3cc(OC)cc4ccccc34)c(Cl)cc12. The molecule has 1 fully saturated rings. The van der Waals surface area contributed by atoms with E-state index >= 15 is 0 Å². The molecule has 0 aliphatic carbocycles. The number of aromatic nitrogens is 2. The van der Waals surface area contributed by atoms with Crippen LogP contribution < -0.4 is 15.0 Å². The number of benzene rings is 2. The van der Waals surface area contributed by atoms with E-state index in [2.05, 4.69) is 21.2 Å². The minimum absolute atomic E-state index is 0.0326. The summed E-state index contributed by atoms with van der Waals surface area (Å²) in [6.07, 6.45) is 1.39. The summed E-state index contributed by atoms with van der Waals surface area (Å²) in [6.45, 7) is 7.61. The number of piperazine rings is 1. The molecule has 0 radical (unpaired) electrons. The molecule has 1 aliphatic heterocycles. The van der Waals surface area contributed by atoms with Crippen molar-refractivity contribution in [2.45, 2.75) is 12.5 Å². The van der Waals surface area contributed by atoms with Gasteiger partial charge in [-0.25, -0.2) is 4.98 Å². The van der Waals surface area contributed by atoms with Crippen LogP contribution in [0.1, 0.15) is 6.92 Å². The second-order valence-corrected chi connectivity index (χ2v) is 9.40. The molecule has 8 heteroatoms. The molecule has 0 spiro atoms. The first kappa shape index (κ1) is 21.8. The number of fused-ring (bicyclic) bond motifs is 2. The van der Waals surface area contributed by atoms with Crippen LogP contribution in [-0.4, -0.2) is 47.4 Å². The van der Waals surface area contributed by atoms with Crippen LogP contribution in [0.2, 0.25) is 5.02 Å². The van der Waals surface area contributed by atoms with Crippen LogP contribution in [-0.2, 0) is 4.79 Å². The number of ether oxygens (including phenoxy) is 1. The summed E-state index contributed by atoms with van der Waals surface area (Å²) in [7, 11) is 1.65. The van der Waals surface area contributed by atoms with E-state index < -0.39 is 5.54 Å². The van der Waals surface area contributed by atoms with E-state index in [0.29, 0.717) is 29.5 Å². The van der Waals surface area contributed by atoms with Crippen LogP contribution in [0.3, 0.4) is 0 Å². The molecule has 168 valence electrons. The van der Waals surface area contributed by atoms with Crippen LogP contribution in [0.25, 0.3) is 33.1 Å². The first-order chi connectivity index (χ1) is 16.0. The van der Waals surface area contributed by atoms with Crippen LogP contribution in [0, 0.1) is 0 Å². The molecule has 0 saturated carbocycles. The van der Waals surface area contributed by atoms with E-state index in [1.165, 1.54) is 17.6 Å². The minimum atomic E-state index is -0.742. The third-order valence-electron chi connectivity index (χ3n) is 6.27. The number of methoxy groups -OCH3 is 1. The third-order valence-corrected chi connectivity index (χ3v) is 7.44. The maximum atomic E-state index is 12.8. The molecule has 1 unspecified atom stereocenters. The van der Waals surface area contributed by atoms with Gasteiger partial charge in [0.25, 0.3) is 0 Å². The number of carbonyl (C=O) groups excluding carboxylic acids is 1. The van der Waals surface area contributed by atoms with Crippen molar-refractivity contribution in [3.05, 3.63) is 60.1 Å². The highest BCUT2D eigenvalue weighted by molar-refractivity contribution is 7.11. The van der Waals surface area contributed by atoms with E-state index in [1.54, 1.807) is 7.11 Å². The zero-order valence-electron chi connectivity index (χ0n) is 18.4. The summed E-state index contributed by atoms with van der Waals surface area (Å²) >= 11 is 8.16. The van der Waals surface area contributed by atoms with Crippen LogP contribution in [0.4, 0.5) is 5.00 Å². The maximum absolute atomic E-state index is 12.8. The van der Waals surface area contributed by atoms with E-state index in [-0.39, 0.29) is 5.78 Å². The molecule has 3 heterocycles. The Morgan fingerprint density at radius 1 is 1.30 bits per heavy atom. The molecule has 2 aromatic heterocycles. The third kappa shape index (κ3) is 3.57. The van der Waals surface area contributed by atoms with Gasteiger partial charge in [-0.05, 0) is 53.5 Å². The van der Waals surface area contributed by atoms with Gasteiger partial charge in [-0.3, -0.25) is 4.79 Å². The fourth-order valence-electron chi connectivity index (χ4n) is 4.45. The first-order valence-electron chi connectivity index (χ1n) is 10.6. The predicted octanol–water partition coefficient (Wildman–Crippen LogP) is 5.10. The summed E-state index contributed by atoms with van der Waals surface area (Å²) < 4.78 is 10.2. The molecule has 5 rings (SSSR count). The normalized spacial score (nSPS) is 18.6. The number of anilines is 1. The van der Waals surface area contributed by atoms with Crippen LogP contribution in [0.5, 0.6) is 5.75 Å². The van der Waals surface area contributed by atoms with Crippen molar-refractivity contribution in [1.82, 2.24) is 14.7 Å². The largest absolute Gasteiger partial charge is 0.497 e.